The van der Waals surface area contributed by atoms with Crippen LogP contribution < -0.4 is 14.8 Å². The van der Waals surface area contributed by atoms with Crippen molar-refractivity contribution in [3.05, 3.63) is 131 Å². The zero-order valence-electron chi connectivity index (χ0n) is 25.0. The van der Waals surface area contributed by atoms with Gasteiger partial charge in [-0.05, 0) is 97.0 Å². The average Bonchev–Trinajstić information content (AvgIpc) is 2.97. The van der Waals surface area contributed by atoms with Gasteiger partial charge in [-0.3, -0.25) is 0 Å². The van der Waals surface area contributed by atoms with Crippen LogP contribution in [0, 0.1) is 11.6 Å². The summed E-state index contributed by atoms with van der Waals surface area (Å²) in [6.07, 6.45) is 0.0394. The summed E-state index contributed by atoms with van der Waals surface area (Å²) in [6.45, 7) is 8.36. The molecule has 224 valence electrons. The number of carbonyl (C=O) groups excluding carboxylic acids is 1. The lowest BCUT2D eigenvalue weighted by Crippen LogP contribution is -2.34. The molecular formula is C36H37F2NO4. The second-order valence-corrected chi connectivity index (χ2v) is 11.0. The zero-order valence-corrected chi connectivity index (χ0v) is 25.0. The molecule has 0 aliphatic heterocycles. The molecule has 0 aromatic heterocycles. The Kier molecular flexibility index (Phi) is 10.5. The van der Waals surface area contributed by atoms with Crippen molar-refractivity contribution < 1.29 is 27.8 Å². The van der Waals surface area contributed by atoms with E-state index in [1.165, 1.54) is 12.1 Å². The van der Waals surface area contributed by atoms with E-state index >= 15 is 0 Å². The molecule has 5 nitrogen and oxygen atoms in total. The van der Waals surface area contributed by atoms with Gasteiger partial charge in [0.05, 0.1) is 6.54 Å². The van der Waals surface area contributed by atoms with Gasteiger partial charge in [-0.2, -0.15) is 0 Å². The third-order valence-electron chi connectivity index (χ3n) is 6.44. The molecule has 0 aliphatic rings. The molecule has 0 atom stereocenters. The highest BCUT2D eigenvalue weighted by molar-refractivity contribution is 5.98. The Morgan fingerprint density at radius 3 is 1.84 bits per heavy atom. The number of rotatable bonds is 11. The predicted octanol–water partition coefficient (Wildman–Crippen LogP) is 8.82. The lowest BCUT2D eigenvalue weighted by molar-refractivity contribution is 0.0520. The summed E-state index contributed by atoms with van der Waals surface area (Å²) < 4.78 is 45.6. The summed E-state index contributed by atoms with van der Waals surface area (Å²) in [5.74, 6) is 0.0709. The molecule has 0 saturated heterocycles. The van der Waals surface area contributed by atoms with Crippen molar-refractivity contribution in [1.29, 1.82) is 0 Å². The van der Waals surface area contributed by atoms with Crippen molar-refractivity contribution in [2.75, 3.05) is 13.2 Å². The zero-order chi connectivity index (χ0) is 30.8. The number of nitrogens with one attached hydrogen (secondary N) is 1. The minimum atomic E-state index is -0.631. The first-order valence-electron chi connectivity index (χ1n) is 14.3. The number of carbonyl (C=O) groups is 1. The molecule has 0 radical (unpaired) electrons. The molecule has 1 amide bonds. The summed E-state index contributed by atoms with van der Waals surface area (Å²) in [4.78, 5) is 11.8. The van der Waals surface area contributed by atoms with Gasteiger partial charge in [-0.15, -0.1) is 0 Å². The Hall–Kier alpha value is -4.65. The molecule has 0 unspecified atom stereocenters. The molecular weight excluding hydrogens is 548 g/mol. The van der Waals surface area contributed by atoms with Crippen molar-refractivity contribution in [3.8, 4) is 11.5 Å². The number of ether oxygens (including phenoxy) is 3. The molecule has 0 saturated carbocycles. The molecule has 4 rings (SSSR count). The summed E-state index contributed by atoms with van der Waals surface area (Å²) in [5, 5.41) is 2.67. The van der Waals surface area contributed by atoms with E-state index in [0.29, 0.717) is 30.1 Å². The molecule has 0 spiro atoms. The van der Waals surface area contributed by atoms with E-state index in [0.717, 1.165) is 33.9 Å². The first-order valence-corrected chi connectivity index (χ1v) is 14.3. The number of hydrogen-bond donors (Lipinski definition) is 1. The molecule has 4 aromatic rings. The van der Waals surface area contributed by atoms with Crippen molar-refractivity contribution in [2.45, 2.75) is 46.3 Å². The van der Waals surface area contributed by atoms with Crippen molar-refractivity contribution in [2.24, 2.45) is 0 Å². The normalized spacial score (nSPS) is 11.9. The van der Waals surface area contributed by atoms with Crippen molar-refractivity contribution in [3.63, 3.8) is 0 Å². The van der Waals surface area contributed by atoms with Gasteiger partial charge in [-0.25, -0.2) is 13.6 Å². The quantitative estimate of drug-likeness (QED) is 0.141. The lowest BCUT2D eigenvalue weighted by Gasteiger charge is -2.19. The van der Waals surface area contributed by atoms with Gasteiger partial charge in [0.2, 0.25) is 0 Å². The van der Waals surface area contributed by atoms with Gasteiger partial charge in [0.25, 0.3) is 0 Å². The Morgan fingerprint density at radius 1 is 0.744 bits per heavy atom. The number of hydrogen-bond acceptors (Lipinski definition) is 4. The van der Waals surface area contributed by atoms with Crippen molar-refractivity contribution >= 4 is 17.2 Å². The first kappa shape index (κ1) is 31.3. The van der Waals surface area contributed by atoms with Crippen LogP contribution in [-0.4, -0.2) is 24.8 Å². The summed E-state index contributed by atoms with van der Waals surface area (Å²) in [6, 6.07) is 28.7. The molecule has 4 aromatic carbocycles. The SMILES string of the molecule is CC/C(=C(/c1ccc(OCCNC(=O)OC(C)(C)C)cc1)c1ccc(OCc2ccccc2)cc1)c1cc(F)cc(F)c1. The van der Waals surface area contributed by atoms with E-state index < -0.39 is 23.3 Å². The maximum Gasteiger partial charge on any atom is 0.407 e. The third kappa shape index (κ3) is 9.43. The molecule has 0 fully saturated rings. The van der Waals surface area contributed by atoms with E-state index in [-0.39, 0.29) is 13.2 Å². The molecule has 0 bridgehead atoms. The van der Waals surface area contributed by atoms with E-state index in [4.69, 9.17) is 14.2 Å². The first-order chi connectivity index (χ1) is 20.6. The Morgan fingerprint density at radius 2 is 1.30 bits per heavy atom. The summed E-state index contributed by atoms with van der Waals surface area (Å²) in [5.41, 5.74) is 4.36. The highest BCUT2D eigenvalue weighted by Crippen LogP contribution is 2.36. The monoisotopic (exact) mass is 585 g/mol. The van der Waals surface area contributed by atoms with E-state index in [9.17, 15) is 13.6 Å². The van der Waals surface area contributed by atoms with Gasteiger partial charge < -0.3 is 19.5 Å². The number of amides is 1. The number of alkyl carbamates (subject to hydrolysis) is 1. The topological polar surface area (TPSA) is 56.8 Å². The van der Waals surface area contributed by atoms with Gasteiger partial charge >= 0.3 is 6.09 Å². The fourth-order valence-corrected chi connectivity index (χ4v) is 4.58. The van der Waals surface area contributed by atoms with Gasteiger partial charge in [0, 0.05) is 6.07 Å². The smallest absolute Gasteiger partial charge is 0.407 e. The van der Waals surface area contributed by atoms with E-state index in [1.54, 1.807) is 20.8 Å². The average molecular weight is 586 g/mol. The van der Waals surface area contributed by atoms with Crippen LogP contribution in [0.25, 0.3) is 11.1 Å². The Labute approximate surface area is 252 Å². The third-order valence-corrected chi connectivity index (χ3v) is 6.44. The van der Waals surface area contributed by atoms with Gasteiger partial charge in [-0.1, -0.05) is 61.5 Å². The van der Waals surface area contributed by atoms with E-state index in [2.05, 4.69) is 5.32 Å². The van der Waals surface area contributed by atoms with Crippen LogP contribution in [0.2, 0.25) is 0 Å². The highest BCUT2D eigenvalue weighted by Gasteiger charge is 2.17. The van der Waals surface area contributed by atoms with Gasteiger partial charge in [0.15, 0.2) is 0 Å². The minimum Gasteiger partial charge on any atom is -0.492 e. The number of allylic oxidation sites excluding steroid dienone is 1. The number of benzene rings is 4. The van der Waals surface area contributed by atoms with Crippen LogP contribution in [0.1, 0.15) is 56.4 Å². The molecule has 43 heavy (non-hydrogen) atoms. The van der Waals surface area contributed by atoms with E-state index in [1.807, 2.05) is 85.8 Å². The molecule has 7 heteroatoms. The van der Waals surface area contributed by atoms with Crippen LogP contribution in [0.3, 0.4) is 0 Å². The maximum absolute atomic E-state index is 14.3. The van der Waals surface area contributed by atoms with Crippen LogP contribution in [0.4, 0.5) is 13.6 Å². The second-order valence-electron chi connectivity index (χ2n) is 11.0. The molecule has 1 N–H and O–H groups in total. The molecule has 0 aliphatic carbocycles. The number of halogens is 2. The highest BCUT2D eigenvalue weighted by atomic mass is 19.1. The summed E-state index contributed by atoms with van der Waals surface area (Å²) >= 11 is 0. The fourth-order valence-electron chi connectivity index (χ4n) is 4.58. The Bertz CT molecular complexity index is 1510. The second kappa shape index (κ2) is 14.5. The standard InChI is InChI=1S/C36H37F2NO4/c1-5-33(28-21-29(37)23-30(38)22-28)34(27-13-17-32(18-14-27)42-24-25-9-7-6-8-10-25)26-11-15-31(16-12-26)41-20-19-39-35(40)43-36(2,3)4/h6-18,21-23H,5,19-20,24H2,1-4H3,(H,39,40)/b34-33+. The fraction of sp³-hybridized carbons (Fsp3) is 0.250. The van der Waals surface area contributed by atoms with Gasteiger partial charge in [0.1, 0.15) is 41.9 Å². The van der Waals surface area contributed by atoms with Crippen LogP contribution in [-0.2, 0) is 11.3 Å². The maximum atomic E-state index is 14.3. The minimum absolute atomic E-state index is 0.258. The van der Waals surface area contributed by atoms with Crippen LogP contribution >= 0.6 is 0 Å². The predicted molar refractivity (Wildman–Crippen MR) is 166 cm³/mol. The van der Waals surface area contributed by atoms with Crippen LogP contribution in [0.15, 0.2) is 97.1 Å². The lowest BCUT2D eigenvalue weighted by atomic mass is 9.88. The summed E-state index contributed by atoms with van der Waals surface area (Å²) in [7, 11) is 0. The molecule has 0 heterocycles. The van der Waals surface area contributed by atoms with Crippen LogP contribution in [0.5, 0.6) is 11.5 Å². The van der Waals surface area contributed by atoms with Crippen molar-refractivity contribution in [1.82, 2.24) is 5.32 Å². The Balaban J connectivity index is 1.57. The largest absolute Gasteiger partial charge is 0.492 e.